The van der Waals surface area contributed by atoms with Crippen molar-refractivity contribution < 1.29 is 13.6 Å². The molecule has 3 rings (SSSR count). The van der Waals surface area contributed by atoms with Gasteiger partial charge in [0.1, 0.15) is 5.58 Å². The fourth-order valence-electron chi connectivity index (χ4n) is 1.83. The number of furan rings is 2. The Morgan fingerprint density at radius 3 is 2.61 bits per heavy atom. The number of ketones is 1. The van der Waals surface area contributed by atoms with Gasteiger partial charge >= 0.3 is 0 Å². The van der Waals surface area contributed by atoms with Gasteiger partial charge in [-0.25, -0.2) is 0 Å². The Hall–Kier alpha value is -2.00. The fourth-order valence-corrected chi connectivity index (χ4v) is 1.98. The Labute approximate surface area is 108 Å². The third kappa shape index (κ3) is 1.83. The van der Waals surface area contributed by atoms with Crippen LogP contribution in [0.15, 0.2) is 45.2 Å². The summed E-state index contributed by atoms with van der Waals surface area (Å²) in [4.78, 5) is 12.1. The number of hydrogen-bond acceptors (Lipinski definition) is 3. The van der Waals surface area contributed by atoms with Crippen molar-refractivity contribution in [3.8, 4) is 0 Å². The van der Waals surface area contributed by atoms with Crippen molar-refractivity contribution in [3.63, 3.8) is 0 Å². The number of carbonyl (C=O) groups excluding carboxylic acids is 1. The first-order chi connectivity index (χ1) is 8.63. The first kappa shape index (κ1) is 11.1. The molecule has 0 aliphatic carbocycles. The van der Waals surface area contributed by atoms with Crippen LogP contribution < -0.4 is 0 Å². The molecule has 0 atom stereocenters. The quantitative estimate of drug-likeness (QED) is 0.648. The molecule has 0 saturated heterocycles. The molecular weight excluding hydrogens is 252 g/mol. The average Bonchev–Trinajstić information content (AvgIpc) is 2.93. The van der Waals surface area contributed by atoms with E-state index < -0.39 is 0 Å². The number of halogens is 1. The van der Waals surface area contributed by atoms with Crippen molar-refractivity contribution in [3.05, 3.63) is 58.7 Å². The minimum absolute atomic E-state index is 0.177. The van der Waals surface area contributed by atoms with Crippen LogP contribution in [0.2, 0.25) is 5.22 Å². The molecule has 0 radical (unpaired) electrons. The van der Waals surface area contributed by atoms with Gasteiger partial charge in [0.05, 0.1) is 0 Å². The summed E-state index contributed by atoms with van der Waals surface area (Å²) in [7, 11) is 0. The fraction of sp³-hybridized carbons (Fsp3) is 0.0714. The minimum Gasteiger partial charge on any atom is -0.452 e. The van der Waals surface area contributed by atoms with Crippen LogP contribution in [0.3, 0.4) is 0 Å². The van der Waals surface area contributed by atoms with Gasteiger partial charge in [-0.3, -0.25) is 4.79 Å². The molecule has 2 aromatic heterocycles. The van der Waals surface area contributed by atoms with E-state index in [1.54, 1.807) is 6.07 Å². The predicted octanol–water partition coefficient (Wildman–Crippen LogP) is 4.22. The molecular formula is C14H9ClO3. The predicted molar refractivity (Wildman–Crippen MR) is 68.1 cm³/mol. The van der Waals surface area contributed by atoms with Gasteiger partial charge in [-0.2, -0.15) is 0 Å². The van der Waals surface area contributed by atoms with E-state index in [1.807, 2.05) is 25.1 Å². The van der Waals surface area contributed by atoms with Crippen molar-refractivity contribution in [1.29, 1.82) is 0 Å². The average molecular weight is 261 g/mol. The zero-order chi connectivity index (χ0) is 12.7. The van der Waals surface area contributed by atoms with Crippen molar-refractivity contribution in [1.82, 2.24) is 0 Å². The number of hydrogen-bond donors (Lipinski definition) is 0. The van der Waals surface area contributed by atoms with E-state index in [1.165, 1.54) is 12.1 Å². The maximum Gasteiger partial charge on any atom is 0.263 e. The molecule has 0 unspecified atom stereocenters. The summed E-state index contributed by atoms with van der Waals surface area (Å²) in [6, 6.07) is 10.5. The van der Waals surface area contributed by atoms with E-state index in [-0.39, 0.29) is 22.5 Å². The summed E-state index contributed by atoms with van der Waals surface area (Å²) < 4.78 is 10.6. The van der Waals surface area contributed by atoms with Gasteiger partial charge in [-0.15, -0.1) is 0 Å². The van der Waals surface area contributed by atoms with Crippen molar-refractivity contribution in [2.24, 2.45) is 0 Å². The molecule has 0 N–H and O–H groups in total. The highest BCUT2D eigenvalue weighted by Gasteiger charge is 2.17. The SMILES string of the molecule is Cc1ccc2oc(C(=O)c3ccc(Cl)o3)cc2c1. The topological polar surface area (TPSA) is 43.4 Å². The van der Waals surface area contributed by atoms with Gasteiger partial charge in [0.15, 0.2) is 16.7 Å². The maximum atomic E-state index is 12.1. The van der Waals surface area contributed by atoms with E-state index in [4.69, 9.17) is 20.4 Å². The molecule has 90 valence electrons. The normalized spacial score (nSPS) is 11.0. The van der Waals surface area contributed by atoms with Crippen LogP contribution in [0.5, 0.6) is 0 Å². The van der Waals surface area contributed by atoms with Gasteiger partial charge in [0.25, 0.3) is 5.78 Å². The lowest BCUT2D eigenvalue weighted by molar-refractivity contribution is 0.0985. The van der Waals surface area contributed by atoms with Crippen molar-refractivity contribution in [2.75, 3.05) is 0 Å². The van der Waals surface area contributed by atoms with Crippen molar-refractivity contribution >= 4 is 28.4 Å². The number of carbonyl (C=O) groups is 1. The Kier molecular flexibility index (Phi) is 2.49. The van der Waals surface area contributed by atoms with Crippen LogP contribution in [0, 0.1) is 6.92 Å². The summed E-state index contributed by atoms with van der Waals surface area (Å²) >= 11 is 5.64. The van der Waals surface area contributed by atoms with Gasteiger partial charge in [0.2, 0.25) is 0 Å². The van der Waals surface area contributed by atoms with E-state index in [0.717, 1.165) is 10.9 Å². The number of aryl methyl sites for hydroxylation is 1. The van der Waals surface area contributed by atoms with E-state index in [0.29, 0.717) is 5.58 Å². The standard InChI is InChI=1S/C14H9ClO3/c1-8-2-3-10-9(6-8)7-12(17-10)14(16)11-4-5-13(15)18-11/h2-7H,1H3. The lowest BCUT2D eigenvalue weighted by Crippen LogP contribution is -1.96. The second-order valence-electron chi connectivity index (χ2n) is 4.08. The third-order valence-corrected chi connectivity index (χ3v) is 2.90. The second-order valence-corrected chi connectivity index (χ2v) is 4.46. The van der Waals surface area contributed by atoms with E-state index in [9.17, 15) is 4.79 Å². The van der Waals surface area contributed by atoms with Crippen LogP contribution in [-0.2, 0) is 0 Å². The smallest absolute Gasteiger partial charge is 0.263 e. The molecule has 0 aliphatic rings. The third-order valence-electron chi connectivity index (χ3n) is 2.69. The second kappa shape index (κ2) is 4.03. The van der Waals surface area contributed by atoms with Crippen LogP contribution in [0.25, 0.3) is 11.0 Å². The lowest BCUT2D eigenvalue weighted by atomic mass is 10.1. The van der Waals surface area contributed by atoms with Crippen molar-refractivity contribution in [2.45, 2.75) is 6.92 Å². The molecule has 0 aliphatic heterocycles. The summed E-state index contributed by atoms with van der Waals surface area (Å²) in [6.07, 6.45) is 0. The molecule has 1 aromatic carbocycles. The molecule has 0 fully saturated rings. The highest BCUT2D eigenvalue weighted by atomic mass is 35.5. The number of fused-ring (bicyclic) bond motifs is 1. The first-order valence-electron chi connectivity index (χ1n) is 5.44. The highest BCUT2D eigenvalue weighted by Crippen LogP contribution is 2.24. The Morgan fingerprint density at radius 2 is 1.89 bits per heavy atom. The van der Waals surface area contributed by atoms with Gasteiger partial charge < -0.3 is 8.83 Å². The molecule has 3 nitrogen and oxygen atoms in total. The highest BCUT2D eigenvalue weighted by molar-refractivity contribution is 6.29. The largest absolute Gasteiger partial charge is 0.452 e. The summed E-state index contributed by atoms with van der Waals surface area (Å²) in [5.74, 6) is 0.119. The Morgan fingerprint density at radius 1 is 1.06 bits per heavy atom. The first-order valence-corrected chi connectivity index (χ1v) is 5.81. The zero-order valence-electron chi connectivity index (χ0n) is 9.57. The molecule has 0 spiro atoms. The number of rotatable bonds is 2. The molecule has 2 heterocycles. The van der Waals surface area contributed by atoms with Crippen LogP contribution in [0.1, 0.15) is 21.9 Å². The summed E-state index contributed by atoms with van der Waals surface area (Å²) in [5, 5.41) is 1.08. The number of benzene rings is 1. The van der Waals surface area contributed by atoms with Crippen LogP contribution in [0.4, 0.5) is 0 Å². The Bertz CT molecular complexity index is 736. The van der Waals surface area contributed by atoms with Crippen LogP contribution in [-0.4, -0.2) is 5.78 Å². The Balaban J connectivity index is 2.06. The van der Waals surface area contributed by atoms with Gasteiger partial charge in [-0.1, -0.05) is 11.6 Å². The minimum atomic E-state index is -0.309. The maximum absolute atomic E-state index is 12.1. The zero-order valence-corrected chi connectivity index (χ0v) is 10.3. The van der Waals surface area contributed by atoms with Crippen LogP contribution >= 0.6 is 11.6 Å². The van der Waals surface area contributed by atoms with Gasteiger partial charge in [0, 0.05) is 5.39 Å². The summed E-state index contributed by atoms with van der Waals surface area (Å²) in [6.45, 7) is 1.99. The molecule has 0 bridgehead atoms. The molecule has 4 heteroatoms. The monoisotopic (exact) mass is 260 g/mol. The molecule has 0 saturated carbocycles. The lowest BCUT2D eigenvalue weighted by Gasteiger charge is -1.91. The van der Waals surface area contributed by atoms with E-state index >= 15 is 0 Å². The van der Waals surface area contributed by atoms with E-state index in [2.05, 4.69) is 0 Å². The van der Waals surface area contributed by atoms with Gasteiger partial charge in [-0.05, 0) is 48.9 Å². The molecule has 18 heavy (non-hydrogen) atoms. The summed E-state index contributed by atoms with van der Waals surface area (Å²) in [5.41, 5.74) is 1.80. The molecule has 0 amide bonds. The molecule has 3 aromatic rings.